The Balaban J connectivity index is 2.69. The minimum Gasteiger partial charge on any atom is -0.478 e. The fraction of sp³-hybridized carbons (Fsp3) is 0.625. The van der Waals surface area contributed by atoms with Gasteiger partial charge in [-0.2, -0.15) is 0 Å². The first-order valence-electron chi connectivity index (χ1n) is 3.69. The quantitative estimate of drug-likeness (QED) is 0.667. The first kappa shape index (κ1) is 8.27. The number of ether oxygens (including phenoxy) is 1. The van der Waals surface area contributed by atoms with Gasteiger partial charge < -0.3 is 9.84 Å². The van der Waals surface area contributed by atoms with Crippen molar-refractivity contribution in [3.63, 3.8) is 0 Å². The number of hydrogen-bond acceptors (Lipinski definition) is 2. The number of carboxylic acid groups (broad SMARTS) is 1. The van der Waals surface area contributed by atoms with Crippen molar-refractivity contribution in [1.29, 1.82) is 0 Å². The van der Waals surface area contributed by atoms with Gasteiger partial charge in [-0.05, 0) is 24.8 Å². The molecule has 3 nitrogen and oxygen atoms in total. The molecule has 11 heavy (non-hydrogen) atoms. The van der Waals surface area contributed by atoms with Crippen LogP contribution in [0.4, 0.5) is 0 Å². The molecule has 0 unspecified atom stereocenters. The van der Waals surface area contributed by atoms with Gasteiger partial charge in [0, 0.05) is 12.7 Å². The van der Waals surface area contributed by atoms with Crippen molar-refractivity contribution < 1.29 is 14.6 Å². The lowest BCUT2D eigenvalue weighted by Gasteiger charge is -2.00. The highest BCUT2D eigenvalue weighted by Gasteiger charge is 2.19. The van der Waals surface area contributed by atoms with Crippen LogP contribution in [0.25, 0.3) is 0 Å². The summed E-state index contributed by atoms with van der Waals surface area (Å²) in [7, 11) is 1.59. The second-order valence-electron chi connectivity index (χ2n) is 2.67. The highest BCUT2D eigenvalue weighted by Crippen LogP contribution is 2.25. The molecule has 0 atom stereocenters. The summed E-state index contributed by atoms with van der Waals surface area (Å²) >= 11 is 0. The van der Waals surface area contributed by atoms with E-state index in [0.717, 1.165) is 18.4 Å². The van der Waals surface area contributed by atoms with Crippen molar-refractivity contribution in [2.45, 2.75) is 19.3 Å². The third kappa shape index (κ3) is 1.80. The van der Waals surface area contributed by atoms with Gasteiger partial charge in [-0.15, -0.1) is 0 Å². The minimum absolute atomic E-state index is 0.474. The molecule has 1 N–H and O–H groups in total. The molecule has 0 radical (unpaired) electrons. The highest BCUT2D eigenvalue weighted by molar-refractivity contribution is 5.88. The summed E-state index contributed by atoms with van der Waals surface area (Å²) in [5, 5.41) is 8.70. The summed E-state index contributed by atoms with van der Waals surface area (Å²) in [6.45, 7) is 0.474. The van der Waals surface area contributed by atoms with Crippen molar-refractivity contribution in [2.24, 2.45) is 0 Å². The number of carboxylic acids is 1. The zero-order valence-corrected chi connectivity index (χ0v) is 6.59. The molecular formula is C8H12O3. The van der Waals surface area contributed by atoms with Crippen molar-refractivity contribution in [2.75, 3.05) is 13.7 Å². The lowest BCUT2D eigenvalue weighted by Crippen LogP contribution is -2.02. The van der Waals surface area contributed by atoms with Gasteiger partial charge in [0.05, 0.1) is 6.61 Å². The number of rotatable bonds is 3. The van der Waals surface area contributed by atoms with Gasteiger partial charge in [-0.1, -0.05) is 0 Å². The average molecular weight is 156 g/mol. The number of carbonyl (C=O) groups is 1. The molecule has 0 heterocycles. The SMILES string of the molecule is COCC1=C(C(=O)O)CCC1. The Morgan fingerprint density at radius 1 is 1.64 bits per heavy atom. The third-order valence-electron chi connectivity index (χ3n) is 1.91. The van der Waals surface area contributed by atoms with Gasteiger partial charge in [0.15, 0.2) is 0 Å². The maximum atomic E-state index is 10.6. The van der Waals surface area contributed by atoms with Crippen molar-refractivity contribution in [3.8, 4) is 0 Å². The van der Waals surface area contributed by atoms with E-state index in [1.165, 1.54) is 0 Å². The molecule has 0 saturated heterocycles. The van der Waals surface area contributed by atoms with Crippen LogP contribution in [0.15, 0.2) is 11.1 Å². The normalized spacial score (nSPS) is 17.5. The summed E-state index contributed by atoms with van der Waals surface area (Å²) in [5.41, 5.74) is 1.52. The van der Waals surface area contributed by atoms with Crippen LogP contribution in [0.1, 0.15) is 19.3 Å². The second kappa shape index (κ2) is 3.53. The van der Waals surface area contributed by atoms with Crippen LogP contribution in [0.2, 0.25) is 0 Å². The average Bonchev–Trinajstić information content (AvgIpc) is 2.36. The summed E-state index contributed by atoms with van der Waals surface area (Å²) in [6.07, 6.45) is 2.55. The molecular weight excluding hydrogens is 144 g/mol. The summed E-state index contributed by atoms with van der Waals surface area (Å²) in [6, 6.07) is 0. The zero-order valence-electron chi connectivity index (χ0n) is 6.59. The molecule has 1 aliphatic carbocycles. The first-order valence-corrected chi connectivity index (χ1v) is 3.69. The predicted molar refractivity (Wildman–Crippen MR) is 40.4 cm³/mol. The van der Waals surface area contributed by atoms with E-state index < -0.39 is 5.97 Å². The molecule has 0 fully saturated rings. The van der Waals surface area contributed by atoms with Crippen LogP contribution in [-0.2, 0) is 9.53 Å². The van der Waals surface area contributed by atoms with E-state index in [9.17, 15) is 4.79 Å². The Morgan fingerprint density at radius 2 is 2.36 bits per heavy atom. The summed E-state index contributed by atoms with van der Waals surface area (Å²) in [5.74, 6) is -0.783. The van der Waals surface area contributed by atoms with Crippen LogP contribution >= 0.6 is 0 Å². The van der Waals surface area contributed by atoms with E-state index in [1.54, 1.807) is 7.11 Å². The Bertz CT molecular complexity index is 194. The van der Waals surface area contributed by atoms with Crippen molar-refractivity contribution >= 4 is 5.97 Å². The molecule has 0 amide bonds. The molecule has 0 aromatic heterocycles. The molecule has 0 saturated carbocycles. The molecule has 0 aromatic rings. The van der Waals surface area contributed by atoms with E-state index in [2.05, 4.69) is 0 Å². The van der Waals surface area contributed by atoms with E-state index >= 15 is 0 Å². The van der Waals surface area contributed by atoms with Gasteiger partial charge in [-0.3, -0.25) is 0 Å². The smallest absolute Gasteiger partial charge is 0.331 e. The van der Waals surface area contributed by atoms with E-state index in [-0.39, 0.29) is 0 Å². The van der Waals surface area contributed by atoms with Crippen molar-refractivity contribution in [3.05, 3.63) is 11.1 Å². The van der Waals surface area contributed by atoms with Gasteiger partial charge in [0.2, 0.25) is 0 Å². The maximum Gasteiger partial charge on any atom is 0.331 e. The maximum absolute atomic E-state index is 10.6. The van der Waals surface area contributed by atoms with Crippen LogP contribution in [0, 0.1) is 0 Å². The Labute approximate surface area is 65.7 Å². The fourth-order valence-corrected chi connectivity index (χ4v) is 1.40. The Kier molecular flexibility index (Phi) is 2.65. The van der Waals surface area contributed by atoms with Crippen LogP contribution < -0.4 is 0 Å². The standard InChI is InChI=1S/C8H12O3/c1-11-5-6-3-2-4-7(6)8(9)10/h2-5H2,1H3,(H,9,10). The highest BCUT2D eigenvalue weighted by atomic mass is 16.5. The molecule has 0 spiro atoms. The monoisotopic (exact) mass is 156 g/mol. The molecule has 3 heteroatoms. The topological polar surface area (TPSA) is 46.5 Å². The first-order chi connectivity index (χ1) is 5.25. The molecule has 1 aliphatic rings. The van der Waals surface area contributed by atoms with Crippen LogP contribution in [0.5, 0.6) is 0 Å². The minimum atomic E-state index is -0.783. The van der Waals surface area contributed by atoms with Gasteiger partial charge in [0.25, 0.3) is 0 Å². The van der Waals surface area contributed by atoms with Crippen molar-refractivity contribution in [1.82, 2.24) is 0 Å². The third-order valence-corrected chi connectivity index (χ3v) is 1.91. The van der Waals surface area contributed by atoms with Crippen LogP contribution in [-0.4, -0.2) is 24.8 Å². The number of aliphatic carboxylic acids is 1. The van der Waals surface area contributed by atoms with E-state index in [1.807, 2.05) is 0 Å². The number of methoxy groups -OCH3 is 1. The van der Waals surface area contributed by atoms with Crippen LogP contribution in [0.3, 0.4) is 0 Å². The predicted octanol–water partition coefficient (Wildman–Crippen LogP) is 1.20. The second-order valence-corrected chi connectivity index (χ2v) is 2.67. The van der Waals surface area contributed by atoms with Gasteiger partial charge in [0.1, 0.15) is 0 Å². The lowest BCUT2D eigenvalue weighted by molar-refractivity contribution is -0.132. The Morgan fingerprint density at radius 3 is 2.91 bits per heavy atom. The summed E-state index contributed by atoms with van der Waals surface area (Å²) < 4.78 is 4.88. The lowest BCUT2D eigenvalue weighted by atomic mass is 10.2. The molecule has 0 aromatic carbocycles. The molecule has 62 valence electrons. The number of hydrogen-bond donors (Lipinski definition) is 1. The molecule has 1 rings (SSSR count). The Hall–Kier alpha value is -0.830. The summed E-state index contributed by atoms with van der Waals surface area (Å²) in [4.78, 5) is 10.6. The van der Waals surface area contributed by atoms with Gasteiger partial charge in [-0.25, -0.2) is 4.79 Å². The van der Waals surface area contributed by atoms with Gasteiger partial charge >= 0.3 is 5.97 Å². The zero-order chi connectivity index (χ0) is 8.27. The van der Waals surface area contributed by atoms with E-state index in [4.69, 9.17) is 9.84 Å². The molecule has 0 bridgehead atoms. The fourth-order valence-electron chi connectivity index (χ4n) is 1.40. The van der Waals surface area contributed by atoms with E-state index in [0.29, 0.717) is 18.6 Å². The largest absolute Gasteiger partial charge is 0.478 e. The molecule has 0 aliphatic heterocycles.